The number of halogens is 2. The molecule has 0 fully saturated rings. The molecule has 0 aliphatic rings. The van der Waals surface area contributed by atoms with Crippen LogP contribution in [-0.4, -0.2) is 15.2 Å². The van der Waals surface area contributed by atoms with E-state index in [9.17, 15) is 8.78 Å². The minimum atomic E-state index is -2.98. The van der Waals surface area contributed by atoms with Gasteiger partial charge in [0, 0.05) is 0 Å². The minimum Gasteiger partial charge on any atom is -0.505 e. The van der Waals surface area contributed by atoms with Crippen LogP contribution in [0.25, 0.3) is 0 Å². The Morgan fingerprint density at radius 1 is 1.46 bits per heavy atom. The van der Waals surface area contributed by atoms with Crippen molar-refractivity contribution < 1.29 is 19.0 Å². The van der Waals surface area contributed by atoms with E-state index >= 15 is 0 Å². The molecular weight excluding hydrogens is 182 g/mol. The smallest absolute Gasteiger partial charge is 0.284 e. The van der Waals surface area contributed by atoms with Crippen LogP contribution in [0.2, 0.25) is 0 Å². The molecule has 0 spiro atoms. The molecule has 1 heterocycles. The lowest BCUT2D eigenvalue weighted by Gasteiger charge is -2.04. The second-order valence-electron chi connectivity index (χ2n) is 2.16. The van der Waals surface area contributed by atoms with E-state index in [-0.39, 0.29) is 0 Å². The lowest BCUT2D eigenvalue weighted by Crippen LogP contribution is -1.93. The molecule has 68 valence electrons. The second kappa shape index (κ2) is 3.23. The third-order valence-corrected chi connectivity index (χ3v) is 1.38. The van der Waals surface area contributed by atoms with Crippen molar-refractivity contribution in [1.82, 2.24) is 4.98 Å². The molecule has 0 radical (unpaired) electrons. The largest absolute Gasteiger partial charge is 0.505 e. The Morgan fingerprint density at radius 3 is 2.54 bits per heavy atom. The molecule has 4 nitrogen and oxygen atoms in total. The first-order valence-electron chi connectivity index (χ1n) is 3.17. The zero-order valence-electron chi connectivity index (χ0n) is 6.20. The molecule has 2 N–H and O–H groups in total. The summed E-state index contributed by atoms with van der Waals surface area (Å²) in [6, 6.07) is 1.39. The number of aromatic nitrogens is 1. The molecule has 0 aromatic carbocycles. The summed E-state index contributed by atoms with van der Waals surface area (Å²) in [5, 5.41) is 26.3. The zero-order valence-corrected chi connectivity index (χ0v) is 6.20. The standard InChI is InChI=1S/C7H4F2N2O2/c8-7(9)5-6(13)3(1-10)4(12)2-11-5/h2,7,12-13H. The molecule has 0 amide bonds. The van der Waals surface area contributed by atoms with Crippen LogP contribution >= 0.6 is 0 Å². The average Bonchev–Trinajstić information content (AvgIpc) is 2.04. The Bertz CT molecular complexity index is 373. The minimum absolute atomic E-state index is 0.592. The first kappa shape index (κ1) is 9.19. The lowest BCUT2D eigenvalue weighted by atomic mass is 10.2. The van der Waals surface area contributed by atoms with E-state index in [1.54, 1.807) is 0 Å². The number of nitrogens with zero attached hydrogens (tertiary/aromatic N) is 2. The summed E-state index contributed by atoms with van der Waals surface area (Å²) < 4.78 is 24.1. The number of hydrogen-bond acceptors (Lipinski definition) is 4. The molecule has 0 unspecified atom stereocenters. The van der Waals surface area contributed by atoms with E-state index < -0.39 is 29.2 Å². The molecule has 0 bridgehead atoms. The van der Waals surface area contributed by atoms with Crippen molar-refractivity contribution in [3.63, 3.8) is 0 Å². The quantitative estimate of drug-likeness (QED) is 0.692. The first-order chi connectivity index (χ1) is 6.07. The van der Waals surface area contributed by atoms with Gasteiger partial charge in [0.05, 0.1) is 6.20 Å². The molecule has 1 rings (SSSR count). The summed E-state index contributed by atoms with van der Waals surface area (Å²) in [6.45, 7) is 0. The van der Waals surface area contributed by atoms with Crippen LogP contribution in [0, 0.1) is 11.3 Å². The van der Waals surface area contributed by atoms with Gasteiger partial charge in [0.1, 0.15) is 17.3 Å². The van der Waals surface area contributed by atoms with E-state index in [0.29, 0.717) is 6.20 Å². The highest BCUT2D eigenvalue weighted by Crippen LogP contribution is 2.32. The second-order valence-corrected chi connectivity index (χ2v) is 2.16. The fraction of sp³-hybridized carbons (Fsp3) is 0.143. The normalized spacial score (nSPS) is 10.0. The summed E-state index contributed by atoms with van der Waals surface area (Å²) in [5.74, 6) is -1.60. The fourth-order valence-corrected chi connectivity index (χ4v) is 0.776. The van der Waals surface area contributed by atoms with Gasteiger partial charge >= 0.3 is 0 Å². The molecule has 0 aliphatic heterocycles. The molecule has 0 atom stereocenters. The van der Waals surface area contributed by atoms with Gasteiger partial charge in [-0.05, 0) is 0 Å². The molecule has 6 heteroatoms. The van der Waals surface area contributed by atoms with Gasteiger partial charge in [-0.2, -0.15) is 5.26 Å². The molecule has 0 aliphatic carbocycles. The van der Waals surface area contributed by atoms with Gasteiger partial charge in [-0.25, -0.2) is 13.8 Å². The summed E-state index contributed by atoms with van der Waals surface area (Å²) in [4.78, 5) is 3.08. The Balaban J connectivity index is 3.38. The van der Waals surface area contributed by atoms with E-state index in [4.69, 9.17) is 15.5 Å². The maximum atomic E-state index is 12.1. The van der Waals surface area contributed by atoms with Crippen molar-refractivity contribution in [3.8, 4) is 17.6 Å². The Labute approximate surface area is 71.7 Å². The number of aromatic hydroxyl groups is 2. The van der Waals surface area contributed by atoms with Gasteiger partial charge in [0.25, 0.3) is 6.43 Å². The van der Waals surface area contributed by atoms with E-state index in [1.165, 1.54) is 6.07 Å². The van der Waals surface area contributed by atoms with E-state index in [2.05, 4.69) is 4.98 Å². The van der Waals surface area contributed by atoms with Gasteiger partial charge in [0.2, 0.25) is 0 Å². The van der Waals surface area contributed by atoms with Crippen LogP contribution in [0.4, 0.5) is 8.78 Å². The highest BCUT2D eigenvalue weighted by molar-refractivity contribution is 5.52. The van der Waals surface area contributed by atoms with Crippen LogP contribution in [-0.2, 0) is 0 Å². The molecule has 0 saturated carbocycles. The molecule has 1 aromatic rings. The number of nitriles is 1. The van der Waals surface area contributed by atoms with Crippen molar-refractivity contribution >= 4 is 0 Å². The maximum absolute atomic E-state index is 12.1. The highest BCUT2D eigenvalue weighted by atomic mass is 19.3. The van der Waals surface area contributed by atoms with Gasteiger partial charge in [-0.1, -0.05) is 0 Å². The Kier molecular flexibility index (Phi) is 2.28. The van der Waals surface area contributed by atoms with Crippen molar-refractivity contribution in [1.29, 1.82) is 5.26 Å². The van der Waals surface area contributed by atoms with E-state index in [1.807, 2.05) is 0 Å². The number of rotatable bonds is 1. The number of pyridine rings is 1. The van der Waals surface area contributed by atoms with Gasteiger partial charge in [-0.3, -0.25) is 0 Å². The predicted octanol–water partition coefficient (Wildman–Crippen LogP) is 1.30. The average molecular weight is 186 g/mol. The summed E-state index contributed by atoms with van der Waals surface area (Å²) in [5.41, 5.74) is -1.50. The van der Waals surface area contributed by atoms with Crippen molar-refractivity contribution in [2.24, 2.45) is 0 Å². The Hall–Kier alpha value is -1.90. The van der Waals surface area contributed by atoms with Crippen LogP contribution in [0.1, 0.15) is 17.7 Å². The summed E-state index contributed by atoms with van der Waals surface area (Å²) in [7, 11) is 0. The molecule has 13 heavy (non-hydrogen) atoms. The first-order valence-corrected chi connectivity index (χ1v) is 3.17. The van der Waals surface area contributed by atoms with Crippen molar-refractivity contribution in [3.05, 3.63) is 17.5 Å². The van der Waals surface area contributed by atoms with Gasteiger partial charge in [-0.15, -0.1) is 0 Å². The predicted molar refractivity (Wildman–Crippen MR) is 37.2 cm³/mol. The van der Waals surface area contributed by atoms with Crippen LogP contribution in [0.3, 0.4) is 0 Å². The summed E-state index contributed by atoms with van der Waals surface area (Å²) in [6.07, 6.45) is -2.28. The third kappa shape index (κ3) is 1.49. The monoisotopic (exact) mass is 186 g/mol. The van der Waals surface area contributed by atoms with Crippen molar-refractivity contribution in [2.75, 3.05) is 0 Å². The van der Waals surface area contributed by atoms with E-state index in [0.717, 1.165) is 0 Å². The number of alkyl halides is 2. The summed E-state index contributed by atoms with van der Waals surface area (Å²) >= 11 is 0. The highest BCUT2D eigenvalue weighted by Gasteiger charge is 2.19. The maximum Gasteiger partial charge on any atom is 0.284 e. The van der Waals surface area contributed by atoms with Gasteiger partial charge < -0.3 is 10.2 Å². The topological polar surface area (TPSA) is 77.1 Å². The molecule has 1 aromatic heterocycles. The third-order valence-electron chi connectivity index (χ3n) is 1.38. The van der Waals surface area contributed by atoms with Gasteiger partial charge in [0.15, 0.2) is 11.5 Å². The fourth-order valence-electron chi connectivity index (χ4n) is 0.776. The van der Waals surface area contributed by atoms with Crippen LogP contribution < -0.4 is 0 Å². The van der Waals surface area contributed by atoms with Crippen molar-refractivity contribution in [2.45, 2.75) is 6.43 Å². The molecule has 0 saturated heterocycles. The zero-order chi connectivity index (χ0) is 10.0. The Morgan fingerprint density at radius 2 is 2.08 bits per heavy atom. The van der Waals surface area contributed by atoms with Crippen LogP contribution in [0.5, 0.6) is 11.5 Å². The number of hydrogen-bond donors (Lipinski definition) is 2. The SMILES string of the molecule is N#Cc1c(O)cnc(C(F)F)c1O. The molecular formula is C7H4F2N2O2. The lowest BCUT2D eigenvalue weighted by molar-refractivity contribution is 0.141. The van der Waals surface area contributed by atoms with Crippen LogP contribution in [0.15, 0.2) is 6.20 Å².